The van der Waals surface area contributed by atoms with Crippen molar-refractivity contribution in [3.8, 4) is 18.1 Å². The highest BCUT2D eigenvalue weighted by molar-refractivity contribution is 6.01. The summed E-state index contributed by atoms with van der Waals surface area (Å²) in [6, 6.07) is 21.0. The smallest absolute Gasteiger partial charge is 0.265 e. The molecule has 1 aliphatic heterocycles. The predicted octanol–water partition coefficient (Wildman–Crippen LogP) is 3.32. The lowest BCUT2D eigenvalue weighted by Gasteiger charge is -2.18. The van der Waals surface area contributed by atoms with E-state index in [2.05, 4.69) is 16.6 Å². The number of likely N-dealkylation sites (N-methyl/N-ethyl adjacent to an activating group) is 1. The molecule has 0 aromatic heterocycles. The fourth-order valence-electron chi connectivity index (χ4n) is 3.68. The topological polar surface area (TPSA) is 87.7 Å². The van der Waals surface area contributed by atoms with Crippen molar-refractivity contribution < 1.29 is 19.1 Å². The molecule has 1 unspecified atom stereocenters. The average Bonchev–Trinajstić information content (AvgIpc) is 3.28. The number of amides is 3. The Hall–Kier alpha value is -4.57. The monoisotopic (exact) mass is 453 g/mol. The van der Waals surface area contributed by atoms with E-state index in [0.29, 0.717) is 34.7 Å². The molecule has 1 atom stereocenters. The molecule has 3 aromatic rings. The normalized spacial score (nSPS) is 13.7. The first-order valence-corrected chi connectivity index (χ1v) is 10.7. The standard InChI is InChI=1S/C27H23N3O4/c1-3-18-8-6-11-21(14-18)28-25(31)17-30(2)27(33)20-10-7-12-22(15-20)29-26(32)24-16-19-9-4-5-13-23(19)34-24/h1,4-15,24H,16-17H2,2H3,(H,28,31)(H,29,32). The molecule has 3 amide bonds. The first-order valence-electron chi connectivity index (χ1n) is 10.7. The highest BCUT2D eigenvalue weighted by Crippen LogP contribution is 2.28. The van der Waals surface area contributed by atoms with E-state index in [1.54, 1.807) is 48.5 Å². The van der Waals surface area contributed by atoms with Crippen LogP contribution in [0.15, 0.2) is 72.8 Å². The van der Waals surface area contributed by atoms with Crippen molar-refractivity contribution in [2.75, 3.05) is 24.2 Å². The lowest BCUT2D eigenvalue weighted by molar-refractivity contribution is -0.122. The Morgan fingerprint density at radius 1 is 1.00 bits per heavy atom. The number of fused-ring (bicyclic) bond motifs is 1. The van der Waals surface area contributed by atoms with Gasteiger partial charge in [0, 0.05) is 36.0 Å². The second kappa shape index (κ2) is 9.92. The summed E-state index contributed by atoms with van der Waals surface area (Å²) in [6.07, 6.45) is 5.24. The van der Waals surface area contributed by atoms with E-state index in [4.69, 9.17) is 11.2 Å². The molecule has 3 aromatic carbocycles. The second-order valence-electron chi connectivity index (χ2n) is 7.92. The molecular formula is C27H23N3O4. The molecule has 7 nitrogen and oxygen atoms in total. The molecule has 0 saturated carbocycles. The highest BCUT2D eigenvalue weighted by atomic mass is 16.5. The Kier molecular flexibility index (Phi) is 6.60. The van der Waals surface area contributed by atoms with Gasteiger partial charge in [0.25, 0.3) is 11.8 Å². The summed E-state index contributed by atoms with van der Waals surface area (Å²) >= 11 is 0. The van der Waals surface area contributed by atoms with Gasteiger partial charge in [-0.15, -0.1) is 6.42 Å². The van der Waals surface area contributed by atoms with Crippen LogP contribution < -0.4 is 15.4 Å². The molecular weight excluding hydrogens is 430 g/mol. The predicted molar refractivity (Wildman–Crippen MR) is 130 cm³/mol. The molecule has 2 N–H and O–H groups in total. The fraction of sp³-hybridized carbons (Fsp3) is 0.148. The Bertz CT molecular complexity index is 1270. The summed E-state index contributed by atoms with van der Waals surface area (Å²) in [5, 5.41) is 5.54. The number of nitrogens with zero attached hydrogens (tertiary/aromatic N) is 1. The maximum atomic E-state index is 12.9. The lowest BCUT2D eigenvalue weighted by Crippen LogP contribution is -2.35. The number of carbonyl (C=O) groups excluding carboxylic acids is 3. The quantitative estimate of drug-likeness (QED) is 0.561. The summed E-state index contributed by atoms with van der Waals surface area (Å²) < 4.78 is 5.72. The zero-order valence-electron chi connectivity index (χ0n) is 18.6. The van der Waals surface area contributed by atoms with Gasteiger partial charge in [0.1, 0.15) is 5.75 Å². The number of rotatable bonds is 6. The largest absolute Gasteiger partial charge is 0.480 e. The molecule has 1 heterocycles. The summed E-state index contributed by atoms with van der Waals surface area (Å²) in [5.74, 6) is 2.22. The minimum atomic E-state index is -0.629. The van der Waals surface area contributed by atoms with Crippen molar-refractivity contribution in [3.05, 3.63) is 89.5 Å². The van der Waals surface area contributed by atoms with E-state index in [9.17, 15) is 14.4 Å². The molecule has 0 aliphatic carbocycles. The number of hydrogen-bond donors (Lipinski definition) is 2. The van der Waals surface area contributed by atoms with Crippen LogP contribution >= 0.6 is 0 Å². The molecule has 0 spiro atoms. The number of benzene rings is 3. The molecule has 0 bridgehead atoms. The van der Waals surface area contributed by atoms with Gasteiger partial charge in [0.2, 0.25) is 5.91 Å². The van der Waals surface area contributed by atoms with Gasteiger partial charge in [-0.05, 0) is 48.0 Å². The van der Waals surface area contributed by atoms with Crippen molar-refractivity contribution in [1.82, 2.24) is 4.90 Å². The maximum absolute atomic E-state index is 12.9. The zero-order chi connectivity index (χ0) is 24.1. The molecule has 1 aliphatic rings. The van der Waals surface area contributed by atoms with E-state index in [1.165, 1.54) is 11.9 Å². The summed E-state index contributed by atoms with van der Waals surface area (Å²) in [4.78, 5) is 39.2. The van der Waals surface area contributed by atoms with Crippen LogP contribution in [0.2, 0.25) is 0 Å². The first-order chi connectivity index (χ1) is 16.4. The Labute approximate surface area is 197 Å². The van der Waals surface area contributed by atoms with Crippen molar-refractivity contribution in [3.63, 3.8) is 0 Å². The van der Waals surface area contributed by atoms with Crippen molar-refractivity contribution in [2.24, 2.45) is 0 Å². The number of ether oxygens (including phenoxy) is 1. The van der Waals surface area contributed by atoms with E-state index in [0.717, 1.165) is 5.56 Å². The van der Waals surface area contributed by atoms with Crippen LogP contribution in [0.1, 0.15) is 21.5 Å². The van der Waals surface area contributed by atoms with E-state index in [1.807, 2.05) is 24.3 Å². The van der Waals surface area contributed by atoms with Crippen LogP contribution in [0, 0.1) is 12.3 Å². The van der Waals surface area contributed by atoms with E-state index in [-0.39, 0.29) is 24.3 Å². The third kappa shape index (κ3) is 5.25. The van der Waals surface area contributed by atoms with E-state index < -0.39 is 6.10 Å². The minimum absolute atomic E-state index is 0.149. The van der Waals surface area contributed by atoms with Gasteiger partial charge >= 0.3 is 0 Å². The van der Waals surface area contributed by atoms with Gasteiger partial charge < -0.3 is 20.3 Å². The Balaban J connectivity index is 1.35. The molecule has 0 fully saturated rings. The number of terminal acetylenes is 1. The van der Waals surface area contributed by atoms with Gasteiger partial charge in [0.05, 0.1) is 6.54 Å². The van der Waals surface area contributed by atoms with Crippen molar-refractivity contribution >= 4 is 29.1 Å². The third-order valence-electron chi connectivity index (χ3n) is 5.36. The number of hydrogen-bond acceptors (Lipinski definition) is 4. The van der Waals surface area contributed by atoms with E-state index >= 15 is 0 Å². The Morgan fingerprint density at radius 3 is 2.50 bits per heavy atom. The van der Waals surface area contributed by atoms with Crippen LogP contribution in [0.5, 0.6) is 5.75 Å². The van der Waals surface area contributed by atoms with Crippen molar-refractivity contribution in [2.45, 2.75) is 12.5 Å². The number of carbonyl (C=O) groups is 3. The third-order valence-corrected chi connectivity index (χ3v) is 5.36. The maximum Gasteiger partial charge on any atom is 0.265 e. The van der Waals surface area contributed by atoms with Gasteiger partial charge in [-0.25, -0.2) is 0 Å². The first kappa shape index (κ1) is 22.6. The number of anilines is 2. The van der Waals surface area contributed by atoms with Crippen molar-refractivity contribution in [1.29, 1.82) is 0 Å². The van der Waals surface area contributed by atoms with Crippen LogP contribution in [0.3, 0.4) is 0 Å². The second-order valence-corrected chi connectivity index (χ2v) is 7.92. The van der Waals surface area contributed by atoms with Crippen LogP contribution in [-0.4, -0.2) is 42.3 Å². The molecule has 34 heavy (non-hydrogen) atoms. The van der Waals surface area contributed by atoms with Gasteiger partial charge in [-0.2, -0.15) is 0 Å². The van der Waals surface area contributed by atoms with Crippen LogP contribution in [-0.2, 0) is 16.0 Å². The van der Waals surface area contributed by atoms with Gasteiger partial charge in [-0.1, -0.05) is 36.3 Å². The molecule has 0 radical (unpaired) electrons. The Morgan fingerprint density at radius 2 is 1.74 bits per heavy atom. The van der Waals surface area contributed by atoms with Gasteiger partial charge in [-0.3, -0.25) is 14.4 Å². The molecule has 7 heteroatoms. The fourth-order valence-corrected chi connectivity index (χ4v) is 3.68. The van der Waals surface area contributed by atoms with Crippen LogP contribution in [0.25, 0.3) is 0 Å². The van der Waals surface area contributed by atoms with Crippen LogP contribution in [0.4, 0.5) is 11.4 Å². The summed E-state index contributed by atoms with van der Waals surface area (Å²) in [5.41, 5.74) is 3.00. The zero-order valence-corrected chi connectivity index (χ0v) is 18.6. The number of para-hydroxylation sites is 1. The highest BCUT2D eigenvalue weighted by Gasteiger charge is 2.29. The minimum Gasteiger partial charge on any atom is -0.480 e. The molecule has 170 valence electrons. The van der Waals surface area contributed by atoms with Gasteiger partial charge in [0.15, 0.2) is 6.10 Å². The number of nitrogens with one attached hydrogen (secondary N) is 2. The molecule has 0 saturated heterocycles. The average molecular weight is 453 g/mol. The molecule has 4 rings (SSSR count). The summed E-state index contributed by atoms with van der Waals surface area (Å²) in [7, 11) is 1.54. The summed E-state index contributed by atoms with van der Waals surface area (Å²) in [6.45, 7) is -0.149. The SMILES string of the molecule is C#Cc1cccc(NC(=O)CN(C)C(=O)c2cccc(NC(=O)C3Cc4ccccc4O3)c2)c1. The lowest BCUT2D eigenvalue weighted by atomic mass is 10.1.